The lowest BCUT2D eigenvalue weighted by atomic mass is 10.1. The zero-order chi connectivity index (χ0) is 17.1. The minimum Gasteiger partial charge on any atom is -0.462 e. The monoisotopic (exact) mass is 344 g/mol. The first kappa shape index (κ1) is 16.4. The molecule has 0 bridgehead atoms. The normalized spacial score (nSPS) is 11.0. The van der Waals surface area contributed by atoms with Crippen molar-refractivity contribution in [1.29, 1.82) is 0 Å². The summed E-state index contributed by atoms with van der Waals surface area (Å²) in [6.45, 7) is 4.65. The first-order chi connectivity index (χ1) is 11.6. The van der Waals surface area contributed by atoms with Crippen LogP contribution in [0.5, 0.6) is 0 Å². The van der Waals surface area contributed by atoms with Gasteiger partial charge in [-0.3, -0.25) is 9.48 Å². The van der Waals surface area contributed by atoms with Gasteiger partial charge in [-0.05, 0) is 25.0 Å². The molecule has 3 aromatic heterocycles. The van der Waals surface area contributed by atoms with Crippen molar-refractivity contribution in [2.45, 2.75) is 33.2 Å². The maximum Gasteiger partial charge on any atom is 0.263 e. The van der Waals surface area contributed by atoms with Crippen LogP contribution in [0.25, 0.3) is 10.8 Å². The molecule has 0 radical (unpaired) electrons. The molecular weight excluding hydrogens is 324 g/mol. The summed E-state index contributed by atoms with van der Waals surface area (Å²) in [5.41, 5.74) is 3.31. The first-order valence-corrected chi connectivity index (χ1v) is 8.77. The van der Waals surface area contributed by atoms with E-state index in [1.54, 1.807) is 18.5 Å². The predicted molar refractivity (Wildman–Crippen MR) is 93.0 cm³/mol. The molecule has 126 valence electrons. The van der Waals surface area contributed by atoms with E-state index >= 15 is 0 Å². The molecule has 6 nitrogen and oxygen atoms in total. The summed E-state index contributed by atoms with van der Waals surface area (Å²) in [4.78, 5) is 17.2. The van der Waals surface area contributed by atoms with Crippen LogP contribution in [0.1, 0.15) is 40.5 Å². The highest BCUT2D eigenvalue weighted by Gasteiger charge is 2.17. The zero-order valence-corrected chi connectivity index (χ0v) is 14.8. The van der Waals surface area contributed by atoms with Gasteiger partial charge in [-0.2, -0.15) is 5.10 Å². The summed E-state index contributed by atoms with van der Waals surface area (Å²) in [6.07, 6.45) is 4.92. The Hall–Kier alpha value is -2.41. The van der Waals surface area contributed by atoms with E-state index in [2.05, 4.69) is 29.2 Å². The zero-order valence-electron chi connectivity index (χ0n) is 14.0. The highest BCUT2D eigenvalue weighted by molar-refractivity contribution is 7.16. The molecule has 7 heteroatoms. The first-order valence-electron chi connectivity index (χ1n) is 7.95. The second-order valence-electron chi connectivity index (χ2n) is 5.39. The van der Waals surface area contributed by atoms with Gasteiger partial charge < -0.3 is 9.73 Å². The molecule has 0 aliphatic rings. The third-order valence-corrected chi connectivity index (χ3v) is 4.93. The van der Waals surface area contributed by atoms with E-state index in [0.717, 1.165) is 29.8 Å². The Bertz CT molecular complexity index is 833. The van der Waals surface area contributed by atoms with Gasteiger partial charge in [-0.15, -0.1) is 11.3 Å². The van der Waals surface area contributed by atoms with Gasteiger partial charge in [0.15, 0.2) is 10.8 Å². The fourth-order valence-corrected chi connectivity index (χ4v) is 3.54. The van der Waals surface area contributed by atoms with Crippen molar-refractivity contribution in [2.24, 2.45) is 7.05 Å². The third-order valence-electron chi connectivity index (χ3n) is 3.91. The molecule has 0 aromatic carbocycles. The smallest absolute Gasteiger partial charge is 0.263 e. The molecule has 0 saturated carbocycles. The molecule has 1 amide bonds. The van der Waals surface area contributed by atoms with Gasteiger partial charge in [0, 0.05) is 24.8 Å². The van der Waals surface area contributed by atoms with E-state index in [-0.39, 0.29) is 5.91 Å². The van der Waals surface area contributed by atoms with Crippen molar-refractivity contribution in [3.63, 3.8) is 0 Å². The van der Waals surface area contributed by atoms with Crippen LogP contribution in [0, 0.1) is 0 Å². The largest absolute Gasteiger partial charge is 0.462 e. The number of aromatic nitrogens is 3. The van der Waals surface area contributed by atoms with Gasteiger partial charge in [0.05, 0.1) is 18.2 Å². The lowest BCUT2D eigenvalue weighted by Crippen LogP contribution is -2.23. The number of hydrogen-bond acceptors (Lipinski definition) is 5. The molecule has 24 heavy (non-hydrogen) atoms. The molecule has 0 aliphatic carbocycles. The lowest BCUT2D eigenvalue weighted by Gasteiger charge is -2.06. The van der Waals surface area contributed by atoms with Crippen LogP contribution in [0.2, 0.25) is 0 Å². The minimum atomic E-state index is -0.127. The second kappa shape index (κ2) is 7.00. The van der Waals surface area contributed by atoms with Crippen molar-refractivity contribution in [3.05, 3.63) is 46.4 Å². The van der Waals surface area contributed by atoms with Crippen molar-refractivity contribution >= 4 is 17.2 Å². The maximum absolute atomic E-state index is 12.4. The summed E-state index contributed by atoms with van der Waals surface area (Å²) < 4.78 is 7.22. The van der Waals surface area contributed by atoms with E-state index in [9.17, 15) is 4.79 Å². The number of aryl methyl sites for hydroxylation is 2. The highest BCUT2D eigenvalue weighted by Crippen LogP contribution is 2.25. The molecule has 3 heterocycles. The van der Waals surface area contributed by atoms with Crippen LogP contribution >= 0.6 is 11.3 Å². The van der Waals surface area contributed by atoms with Gasteiger partial charge in [0.2, 0.25) is 0 Å². The van der Waals surface area contributed by atoms with Crippen LogP contribution in [-0.2, 0) is 26.4 Å². The number of nitrogens with one attached hydrogen (secondary N) is 1. The standard InChI is InChI=1S/C17H20N4O2S/c1-4-12-11(13(5-2)21(3)20-12)9-18-16(22)15-10-19-17(24-15)14-7-6-8-23-14/h6-8,10H,4-5,9H2,1-3H3,(H,18,22). The number of carbonyl (C=O) groups excluding carboxylic acids is 1. The van der Waals surface area contributed by atoms with Crippen LogP contribution in [0.4, 0.5) is 0 Å². The Morgan fingerprint density at radius 1 is 1.38 bits per heavy atom. The van der Waals surface area contributed by atoms with E-state index in [1.807, 2.05) is 17.8 Å². The second-order valence-corrected chi connectivity index (χ2v) is 6.42. The average Bonchev–Trinajstić information content (AvgIpc) is 3.31. The van der Waals surface area contributed by atoms with Gasteiger partial charge in [0.1, 0.15) is 4.88 Å². The lowest BCUT2D eigenvalue weighted by molar-refractivity contribution is 0.0954. The number of hydrogen-bond donors (Lipinski definition) is 1. The van der Waals surface area contributed by atoms with Crippen molar-refractivity contribution in [2.75, 3.05) is 0 Å². The van der Waals surface area contributed by atoms with Gasteiger partial charge in [0.25, 0.3) is 5.91 Å². The molecule has 0 saturated heterocycles. The SMILES string of the molecule is CCc1nn(C)c(CC)c1CNC(=O)c1cnc(-c2ccco2)s1. The van der Waals surface area contributed by atoms with Crippen LogP contribution < -0.4 is 5.32 Å². The summed E-state index contributed by atoms with van der Waals surface area (Å²) in [5.74, 6) is 0.547. The summed E-state index contributed by atoms with van der Waals surface area (Å²) in [7, 11) is 1.95. The average molecular weight is 344 g/mol. The fraction of sp³-hybridized carbons (Fsp3) is 0.353. The molecule has 0 atom stereocenters. The van der Waals surface area contributed by atoms with E-state index < -0.39 is 0 Å². The van der Waals surface area contributed by atoms with Crippen LogP contribution in [0.15, 0.2) is 29.0 Å². The maximum atomic E-state index is 12.4. The Labute approximate surface area is 144 Å². The van der Waals surface area contributed by atoms with Gasteiger partial charge in [-0.1, -0.05) is 13.8 Å². The summed E-state index contributed by atoms with van der Waals surface area (Å²) in [6, 6.07) is 3.63. The van der Waals surface area contributed by atoms with Gasteiger partial charge >= 0.3 is 0 Å². The van der Waals surface area contributed by atoms with E-state index in [0.29, 0.717) is 22.2 Å². The molecular formula is C17H20N4O2S. The molecule has 3 rings (SSSR count). The van der Waals surface area contributed by atoms with Crippen LogP contribution in [0.3, 0.4) is 0 Å². The third kappa shape index (κ3) is 3.12. The summed E-state index contributed by atoms with van der Waals surface area (Å²) in [5, 5.41) is 8.22. The number of furan rings is 1. The van der Waals surface area contributed by atoms with Gasteiger partial charge in [-0.25, -0.2) is 4.98 Å². The number of thiazole rings is 1. The van der Waals surface area contributed by atoms with E-state index in [4.69, 9.17) is 4.42 Å². The fourth-order valence-electron chi connectivity index (χ4n) is 2.74. The number of nitrogens with zero attached hydrogens (tertiary/aromatic N) is 3. The van der Waals surface area contributed by atoms with Crippen molar-refractivity contribution in [1.82, 2.24) is 20.1 Å². The Morgan fingerprint density at radius 3 is 2.88 bits per heavy atom. The topological polar surface area (TPSA) is 73.0 Å². The molecule has 3 aromatic rings. The molecule has 0 aliphatic heterocycles. The van der Waals surface area contributed by atoms with E-state index in [1.165, 1.54) is 11.3 Å². The Kier molecular flexibility index (Phi) is 4.80. The molecule has 0 unspecified atom stereocenters. The number of amides is 1. The number of rotatable bonds is 6. The number of carbonyl (C=O) groups is 1. The quantitative estimate of drug-likeness (QED) is 0.745. The highest BCUT2D eigenvalue weighted by atomic mass is 32.1. The van der Waals surface area contributed by atoms with Crippen molar-refractivity contribution in [3.8, 4) is 10.8 Å². The Balaban J connectivity index is 1.72. The molecule has 0 fully saturated rings. The predicted octanol–water partition coefficient (Wildman–Crippen LogP) is 3.19. The Morgan fingerprint density at radius 2 is 2.21 bits per heavy atom. The summed E-state index contributed by atoms with van der Waals surface area (Å²) >= 11 is 1.32. The minimum absolute atomic E-state index is 0.127. The molecule has 0 spiro atoms. The van der Waals surface area contributed by atoms with Crippen molar-refractivity contribution < 1.29 is 9.21 Å². The van der Waals surface area contributed by atoms with Crippen LogP contribution in [-0.4, -0.2) is 20.7 Å². The molecule has 1 N–H and O–H groups in total.